The molecule has 0 aliphatic heterocycles. The minimum Gasteiger partial charge on any atom is -0.497 e. The Hall–Kier alpha value is -3.02. The van der Waals surface area contributed by atoms with Crippen LogP contribution in [0.5, 0.6) is 5.75 Å². The quantitative estimate of drug-likeness (QED) is 0.634. The van der Waals surface area contributed by atoms with Crippen LogP contribution in [0.2, 0.25) is 0 Å². The number of hydrogen-bond donors (Lipinski definition) is 3. The molecule has 1 spiro atoms. The molecule has 2 aromatic rings. The highest BCUT2D eigenvalue weighted by molar-refractivity contribution is 5.80. The zero-order valence-corrected chi connectivity index (χ0v) is 18.2. The van der Waals surface area contributed by atoms with E-state index in [0.29, 0.717) is 6.54 Å². The Bertz CT molecular complexity index is 899. The van der Waals surface area contributed by atoms with Gasteiger partial charge in [-0.1, -0.05) is 42.5 Å². The Labute approximate surface area is 183 Å². The first-order valence-corrected chi connectivity index (χ1v) is 11.0. The summed E-state index contributed by atoms with van der Waals surface area (Å²) in [5.74, 6) is 1.04. The molecule has 3 N–H and O–H groups in total. The molecular formula is C25H31N3O3. The SMILES string of the molecule is COc1ccc(CNC(=O)NC2CC3(C2)CC(C(=O)NC(C)c2ccccc2)C3)cc1. The van der Waals surface area contributed by atoms with Gasteiger partial charge in [-0.2, -0.15) is 0 Å². The van der Waals surface area contributed by atoms with E-state index in [2.05, 4.69) is 16.0 Å². The number of methoxy groups -OCH3 is 1. The van der Waals surface area contributed by atoms with Crippen LogP contribution < -0.4 is 20.7 Å². The Morgan fingerprint density at radius 2 is 1.71 bits per heavy atom. The van der Waals surface area contributed by atoms with Crippen molar-refractivity contribution in [2.75, 3.05) is 7.11 Å². The predicted octanol–water partition coefficient (Wildman–Crippen LogP) is 3.93. The van der Waals surface area contributed by atoms with Gasteiger partial charge in [-0.05, 0) is 61.3 Å². The zero-order valence-electron chi connectivity index (χ0n) is 18.2. The summed E-state index contributed by atoms with van der Waals surface area (Å²) in [6, 6.07) is 17.8. The highest BCUT2D eigenvalue weighted by atomic mass is 16.5. The summed E-state index contributed by atoms with van der Waals surface area (Å²) in [4.78, 5) is 24.7. The van der Waals surface area contributed by atoms with Crippen LogP contribution in [0.15, 0.2) is 54.6 Å². The zero-order chi connectivity index (χ0) is 21.8. The standard InChI is InChI=1S/C25H31N3O3/c1-17(19-6-4-3-5-7-19)27-23(29)20-12-25(13-20)14-21(15-25)28-24(30)26-16-18-8-10-22(31-2)11-9-18/h3-11,17,20-21H,12-16H2,1-2H3,(H,27,29)(H2,26,28,30). The van der Waals surface area contributed by atoms with Gasteiger partial charge in [0.05, 0.1) is 13.2 Å². The molecule has 0 heterocycles. The molecule has 31 heavy (non-hydrogen) atoms. The summed E-state index contributed by atoms with van der Waals surface area (Å²) in [6.45, 7) is 2.51. The fourth-order valence-electron chi connectivity index (χ4n) is 4.91. The number of urea groups is 1. The third kappa shape index (κ3) is 5.01. The Morgan fingerprint density at radius 3 is 2.35 bits per heavy atom. The van der Waals surface area contributed by atoms with Crippen LogP contribution in [0.25, 0.3) is 0 Å². The Kier molecular flexibility index (Phi) is 6.16. The van der Waals surface area contributed by atoms with E-state index in [9.17, 15) is 9.59 Å². The van der Waals surface area contributed by atoms with E-state index >= 15 is 0 Å². The van der Waals surface area contributed by atoms with E-state index in [1.54, 1.807) is 7.11 Å². The Morgan fingerprint density at radius 1 is 1.03 bits per heavy atom. The smallest absolute Gasteiger partial charge is 0.315 e. The van der Waals surface area contributed by atoms with Crippen LogP contribution >= 0.6 is 0 Å². The maximum absolute atomic E-state index is 12.6. The lowest BCUT2D eigenvalue weighted by atomic mass is 9.50. The highest BCUT2D eigenvalue weighted by Gasteiger charge is 2.55. The van der Waals surface area contributed by atoms with E-state index in [1.165, 1.54) is 0 Å². The third-order valence-corrected chi connectivity index (χ3v) is 6.69. The van der Waals surface area contributed by atoms with Gasteiger partial charge in [0.1, 0.15) is 5.75 Å². The molecule has 3 amide bonds. The van der Waals surface area contributed by atoms with Crippen molar-refractivity contribution in [3.8, 4) is 5.75 Å². The van der Waals surface area contributed by atoms with Gasteiger partial charge in [-0.3, -0.25) is 4.79 Å². The normalized spacial score (nSPS) is 25.0. The molecule has 2 aliphatic carbocycles. The third-order valence-electron chi connectivity index (χ3n) is 6.69. The number of nitrogens with one attached hydrogen (secondary N) is 3. The average molecular weight is 422 g/mol. The number of amides is 3. The molecule has 2 aromatic carbocycles. The van der Waals surface area contributed by atoms with Crippen molar-refractivity contribution in [3.63, 3.8) is 0 Å². The van der Waals surface area contributed by atoms with E-state index in [0.717, 1.165) is 42.6 Å². The number of ether oxygens (including phenoxy) is 1. The molecule has 164 valence electrons. The molecule has 2 fully saturated rings. The summed E-state index contributed by atoms with van der Waals surface area (Å²) in [5, 5.41) is 9.10. The maximum atomic E-state index is 12.6. The van der Waals surface area contributed by atoms with E-state index in [1.807, 2.05) is 61.5 Å². The molecular weight excluding hydrogens is 390 g/mol. The molecule has 0 bridgehead atoms. The minimum atomic E-state index is -0.138. The van der Waals surface area contributed by atoms with Gasteiger partial charge < -0.3 is 20.7 Å². The number of rotatable bonds is 7. The highest BCUT2D eigenvalue weighted by Crippen LogP contribution is 2.58. The second-order valence-corrected chi connectivity index (χ2v) is 9.03. The molecule has 2 saturated carbocycles. The van der Waals surface area contributed by atoms with Crippen molar-refractivity contribution in [3.05, 3.63) is 65.7 Å². The molecule has 0 aromatic heterocycles. The minimum absolute atomic E-state index is 0.0236. The van der Waals surface area contributed by atoms with Crippen LogP contribution in [-0.4, -0.2) is 25.1 Å². The second-order valence-electron chi connectivity index (χ2n) is 9.03. The second kappa shape index (κ2) is 9.00. The van der Waals surface area contributed by atoms with Crippen LogP contribution in [0.3, 0.4) is 0 Å². The van der Waals surface area contributed by atoms with Crippen LogP contribution in [0.1, 0.15) is 49.8 Å². The summed E-state index contributed by atoms with van der Waals surface area (Å²) < 4.78 is 5.14. The van der Waals surface area contributed by atoms with Crippen molar-refractivity contribution in [1.82, 2.24) is 16.0 Å². The van der Waals surface area contributed by atoms with Crippen molar-refractivity contribution in [2.24, 2.45) is 11.3 Å². The lowest BCUT2D eigenvalue weighted by Gasteiger charge is -2.57. The average Bonchev–Trinajstić information content (AvgIpc) is 2.73. The van der Waals surface area contributed by atoms with Crippen LogP contribution in [0, 0.1) is 11.3 Å². The van der Waals surface area contributed by atoms with Gasteiger partial charge in [0.2, 0.25) is 5.91 Å². The van der Waals surface area contributed by atoms with Gasteiger partial charge in [0.15, 0.2) is 0 Å². The molecule has 4 rings (SSSR count). The van der Waals surface area contributed by atoms with Crippen molar-refractivity contribution >= 4 is 11.9 Å². The largest absolute Gasteiger partial charge is 0.497 e. The first-order valence-electron chi connectivity index (χ1n) is 11.0. The van der Waals surface area contributed by atoms with Crippen LogP contribution in [-0.2, 0) is 11.3 Å². The lowest BCUT2D eigenvalue weighted by Crippen LogP contribution is -2.59. The van der Waals surface area contributed by atoms with Crippen LogP contribution in [0.4, 0.5) is 4.79 Å². The van der Waals surface area contributed by atoms with Gasteiger partial charge >= 0.3 is 6.03 Å². The first kappa shape index (κ1) is 21.2. The predicted molar refractivity (Wildman–Crippen MR) is 120 cm³/mol. The molecule has 2 aliphatic rings. The van der Waals surface area contributed by atoms with E-state index in [-0.39, 0.29) is 35.4 Å². The number of carbonyl (C=O) groups is 2. The Balaban J connectivity index is 1.14. The molecule has 6 heteroatoms. The van der Waals surface area contributed by atoms with Crippen molar-refractivity contribution in [2.45, 2.75) is 51.2 Å². The van der Waals surface area contributed by atoms with Gasteiger partial charge in [-0.25, -0.2) is 4.79 Å². The number of hydrogen-bond acceptors (Lipinski definition) is 3. The number of carbonyl (C=O) groups excluding carboxylic acids is 2. The number of benzene rings is 2. The van der Waals surface area contributed by atoms with Gasteiger partial charge in [-0.15, -0.1) is 0 Å². The van der Waals surface area contributed by atoms with E-state index < -0.39 is 0 Å². The summed E-state index contributed by atoms with van der Waals surface area (Å²) in [7, 11) is 1.63. The fraction of sp³-hybridized carbons (Fsp3) is 0.440. The van der Waals surface area contributed by atoms with Crippen molar-refractivity contribution in [1.29, 1.82) is 0 Å². The summed E-state index contributed by atoms with van der Waals surface area (Å²) in [6.07, 6.45) is 3.76. The van der Waals surface area contributed by atoms with Crippen molar-refractivity contribution < 1.29 is 14.3 Å². The molecule has 1 atom stereocenters. The first-order chi connectivity index (χ1) is 15.0. The molecule has 6 nitrogen and oxygen atoms in total. The maximum Gasteiger partial charge on any atom is 0.315 e. The fourth-order valence-corrected chi connectivity index (χ4v) is 4.91. The topological polar surface area (TPSA) is 79.5 Å². The molecule has 0 radical (unpaired) electrons. The molecule has 1 unspecified atom stereocenters. The monoisotopic (exact) mass is 421 g/mol. The lowest BCUT2D eigenvalue weighted by molar-refractivity contribution is -0.139. The molecule has 0 saturated heterocycles. The van der Waals surface area contributed by atoms with Gasteiger partial charge in [0, 0.05) is 18.5 Å². The summed E-state index contributed by atoms with van der Waals surface area (Å²) in [5.41, 5.74) is 2.39. The van der Waals surface area contributed by atoms with E-state index in [4.69, 9.17) is 4.74 Å². The summed E-state index contributed by atoms with van der Waals surface area (Å²) >= 11 is 0. The van der Waals surface area contributed by atoms with Gasteiger partial charge in [0.25, 0.3) is 0 Å².